The summed E-state index contributed by atoms with van der Waals surface area (Å²) in [5.74, 6) is 0. The standard InChI is InChI=1S/C6H11O5/c7-1-3(8)6-5(10)4(9)2-11-6/h3,5-10H,1-2H2/t3-,5-,6+/m1/s1. The van der Waals surface area contributed by atoms with Gasteiger partial charge in [-0.3, -0.25) is 0 Å². The minimum absolute atomic E-state index is 0.0805. The number of hydrogen-bond donors (Lipinski definition) is 4. The lowest BCUT2D eigenvalue weighted by atomic mass is 10.1. The molecule has 1 fully saturated rings. The van der Waals surface area contributed by atoms with Gasteiger partial charge in [0, 0.05) is 0 Å². The molecule has 0 aromatic heterocycles. The fourth-order valence-electron chi connectivity index (χ4n) is 0.973. The third-order valence-electron chi connectivity index (χ3n) is 1.64. The Morgan fingerprint density at radius 1 is 1.64 bits per heavy atom. The van der Waals surface area contributed by atoms with Crippen molar-refractivity contribution in [3.63, 3.8) is 0 Å². The summed E-state index contributed by atoms with van der Waals surface area (Å²) in [5.41, 5.74) is 0. The van der Waals surface area contributed by atoms with Crippen LogP contribution in [0.4, 0.5) is 0 Å². The molecule has 1 radical (unpaired) electrons. The topological polar surface area (TPSA) is 90.2 Å². The third kappa shape index (κ3) is 1.69. The van der Waals surface area contributed by atoms with E-state index in [4.69, 9.17) is 25.2 Å². The van der Waals surface area contributed by atoms with E-state index in [0.717, 1.165) is 0 Å². The molecule has 11 heavy (non-hydrogen) atoms. The molecule has 0 unspecified atom stereocenters. The summed E-state index contributed by atoms with van der Waals surface area (Å²) < 4.78 is 4.78. The molecular formula is C6H11O5. The van der Waals surface area contributed by atoms with Crippen molar-refractivity contribution < 1.29 is 25.2 Å². The smallest absolute Gasteiger partial charge is 0.150 e. The van der Waals surface area contributed by atoms with Crippen LogP contribution in [0.1, 0.15) is 0 Å². The Morgan fingerprint density at radius 3 is 2.64 bits per heavy atom. The van der Waals surface area contributed by atoms with Gasteiger partial charge in [0.1, 0.15) is 24.4 Å². The highest BCUT2D eigenvalue weighted by Gasteiger charge is 2.39. The van der Waals surface area contributed by atoms with Gasteiger partial charge in [-0.05, 0) is 0 Å². The molecular weight excluding hydrogens is 152 g/mol. The fourth-order valence-corrected chi connectivity index (χ4v) is 0.973. The molecule has 3 atom stereocenters. The average molecular weight is 163 g/mol. The van der Waals surface area contributed by atoms with Crippen molar-refractivity contribution in [2.75, 3.05) is 13.2 Å². The summed E-state index contributed by atoms with van der Waals surface area (Å²) in [6.45, 7) is -0.572. The molecule has 0 bridgehead atoms. The van der Waals surface area contributed by atoms with Gasteiger partial charge in [0.15, 0.2) is 0 Å². The van der Waals surface area contributed by atoms with Gasteiger partial charge in [-0.2, -0.15) is 0 Å². The maximum absolute atomic E-state index is 9.08. The molecule has 1 saturated heterocycles. The number of rotatable bonds is 2. The second-order valence-electron chi connectivity index (χ2n) is 2.46. The van der Waals surface area contributed by atoms with Gasteiger partial charge in [0.2, 0.25) is 0 Å². The molecule has 5 nitrogen and oxygen atoms in total. The third-order valence-corrected chi connectivity index (χ3v) is 1.64. The highest BCUT2D eigenvalue weighted by atomic mass is 16.5. The number of aliphatic hydroxyl groups is 4. The lowest BCUT2D eigenvalue weighted by molar-refractivity contribution is -0.0654. The number of aliphatic hydroxyl groups excluding tert-OH is 4. The normalized spacial score (nSPS) is 36.0. The van der Waals surface area contributed by atoms with Gasteiger partial charge in [0.05, 0.1) is 13.2 Å². The van der Waals surface area contributed by atoms with Crippen LogP contribution in [0.5, 0.6) is 0 Å². The first-order chi connectivity index (χ1) is 5.16. The van der Waals surface area contributed by atoms with Gasteiger partial charge in [0.25, 0.3) is 0 Å². The van der Waals surface area contributed by atoms with Crippen molar-refractivity contribution in [1.82, 2.24) is 0 Å². The Bertz CT molecular complexity index is 128. The molecule has 0 aromatic rings. The number of ether oxygens (including phenoxy) is 1. The van der Waals surface area contributed by atoms with Crippen LogP contribution in [-0.2, 0) is 4.74 Å². The average Bonchev–Trinajstić information content (AvgIpc) is 2.32. The van der Waals surface area contributed by atoms with Gasteiger partial charge in [-0.1, -0.05) is 0 Å². The molecule has 0 aliphatic carbocycles. The largest absolute Gasteiger partial charge is 0.394 e. The molecule has 4 N–H and O–H groups in total. The summed E-state index contributed by atoms with van der Waals surface area (Å²) in [7, 11) is 0. The molecule has 1 aliphatic rings. The zero-order valence-corrected chi connectivity index (χ0v) is 5.84. The minimum atomic E-state index is -1.18. The molecule has 5 heteroatoms. The van der Waals surface area contributed by atoms with E-state index >= 15 is 0 Å². The molecule has 65 valence electrons. The lowest BCUT2D eigenvalue weighted by Gasteiger charge is -2.18. The molecule has 1 aliphatic heterocycles. The molecule has 0 amide bonds. The Morgan fingerprint density at radius 2 is 2.27 bits per heavy atom. The Balaban J connectivity index is 2.47. The molecule has 0 aromatic carbocycles. The van der Waals surface area contributed by atoms with E-state index in [9.17, 15) is 0 Å². The van der Waals surface area contributed by atoms with E-state index in [2.05, 4.69) is 0 Å². The van der Waals surface area contributed by atoms with Crippen molar-refractivity contribution in [3.8, 4) is 0 Å². The quantitative estimate of drug-likeness (QED) is 0.378. The van der Waals surface area contributed by atoms with Gasteiger partial charge >= 0.3 is 0 Å². The SMILES string of the molecule is OC[C@@H](O)[C@@H]1OC[C](O)[C@H]1O. The first-order valence-electron chi connectivity index (χ1n) is 3.30. The van der Waals surface area contributed by atoms with Crippen molar-refractivity contribution in [3.05, 3.63) is 6.10 Å². The van der Waals surface area contributed by atoms with E-state index in [-0.39, 0.29) is 12.7 Å². The Kier molecular flexibility index (Phi) is 2.80. The van der Waals surface area contributed by atoms with E-state index in [1.54, 1.807) is 0 Å². The van der Waals surface area contributed by atoms with E-state index in [0.29, 0.717) is 0 Å². The highest BCUT2D eigenvalue weighted by Crippen LogP contribution is 2.21. The highest BCUT2D eigenvalue weighted by molar-refractivity contribution is 4.99. The van der Waals surface area contributed by atoms with Crippen LogP contribution < -0.4 is 0 Å². The van der Waals surface area contributed by atoms with Gasteiger partial charge in [-0.15, -0.1) is 0 Å². The number of hydrogen-bond acceptors (Lipinski definition) is 5. The van der Waals surface area contributed by atoms with Crippen LogP contribution in [0.15, 0.2) is 0 Å². The van der Waals surface area contributed by atoms with Crippen molar-refractivity contribution in [2.24, 2.45) is 0 Å². The van der Waals surface area contributed by atoms with Gasteiger partial charge < -0.3 is 25.2 Å². The van der Waals surface area contributed by atoms with Crippen LogP contribution in [0.2, 0.25) is 0 Å². The first kappa shape index (κ1) is 8.89. The Hall–Kier alpha value is -0.200. The van der Waals surface area contributed by atoms with Crippen molar-refractivity contribution in [1.29, 1.82) is 0 Å². The fraction of sp³-hybridized carbons (Fsp3) is 0.833. The van der Waals surface area contributed by atoms with Crippen molar-refractivity contribution in [2.45, 2.75) is 18.3 Å². The summed E-state index contributed by atoms with van der Waals surface area (Å²) in [6.07, 6.45) is -3.44. The second-order valence-corrected chi connectivity index (χ2v) is 2.46. The monoisotopic (exact) mass is 163 g/mol. The maximum Gasteiger partial charge on any atom is 0.150 e. The molecule has 0 spiro atoms. The molecule has 1 rings (SSSR count). The van der Waals surface area contributed by atoms with Crippen molar-refractivity contribution >= 4 is 0 Å². The summed E-state index contributed by atoms with van der Waals surface area (Å²) in [6, 6.07) is 0. The summed E-state index contributed by atoms with van der Waals surface area (Å²) in [4.78, 5) is 0. The Labute approximate surface area is 63.8 Å². The van der Waals surface area contributed by atoms with Crippen LogP contribution in [0.25, 0.3) is 0 Å². The predicted octanol–water partition coefficient (Wildman–Crippen LogP) is -2.00. The zero-order chi connectivity index (χ0) is 8.43. The molecule has 0 saturated carbocycles. The lowest BCUT2D eigenvalue weighted by Crippen LogP contribution is -2.38. The minimum Gasteiger partial charge on any atom is -0.394 e. The van der Waals surface area contributed by atoms with Crippen LogP contribution in [-0.4, -0.2) is 52.0 Å². The van der Waals surface area contributed by atoms with E-state index < -0.39 is 24.9 Å². The van der Waals surface area contributed by atoms with Crippen LogP contribution >= 0.6 is 0 Å². The maximum atomic E-state index is 9.08. The summed E-state index contributed by atoms with van der Waals surface area (Å²) in [5, 5.41) is 35.4. The van der Waals surface area contributed by atoms with E-state index in [1.165, 1.54) is 0 Å². The predicted molar refractivity (Wildman–Crippen MR) is 34.0 cm³/mol. The van der Waals surface area contributed by atoms with Crippen LogP contribution in [0, 0.1) is 6.10 Å². The zero-order valence-electron chi connectivity index (χ0n) is 5.84. The van der Waals surface area contributed by atoms with Crippen LogP contribution in [0.3, 0.4) is 0 Å². The first-order valence-corrected chi connectivity index (χ1v) is 3.30. The summed E-state index contributed by atoms with van der Waals surface area (Å²) >= 11 is 0. The van der Waals surface area contributed by atoms with E-state index in [1.807, 2.05) is 0 Å². The second kappa shape index (κ2) is 3.46. The van der Waals surface area contributed by atoms with Gasteiger partial charge in [-0.25, -0.2) is 0 Å². The molecule has 1 heterocycles.